The Bertz CT molecular complexity index is 442. The molecule has 1 aromatic rings. The van der Waals surface area contributed by atoms with Crippen molar-refractivity contribution in [2.24, 2.45) is 17.8 Å². The van der Waals surface area contributed by atoms with E-state index in [1.54, 1.807) is 24.3 Å². The summed E-state index contributed by atoms with van der Waals surface area (Å²) < 4.78 is 0. The highest BCUT2D eigenvalue weighted by atomic mass is 35.5. The molecule has 5 heteroatoms. The fourth-order valence-corrected chi connectivity index (χ4v) is 2.98. The largest absolute Gasteiger partial charge is 0.352 e. The molecule has 2 aliphatic rings. The monoisotopic (exact) mass is 286 g/mol. The van der Waals surface area contributed by atoms with Gasteiger partial charge in [-0.25, -0.2) is 0 Å². The quantitative estimate of drug-likeness (QED) is 0.892. The topological polar surface area (TPSA) is 41.1 Å². The summed E-state index contributed by atoms with van der Waals surface area (Å²) in [5, 5.41) is 6.94. The van der Waals surface area contributed by atoms with Gasteiger partial charge in [0.2, 0.25) is 0 Å². The van der Waals surface area contributed by atoms with Crippen molar-refractivity contribution in [3.05, 3.63) is 34.9 Å². The lowest BCUT2D eigenvalue weighted by molar-refractivity contribution is 0.0950. The van der Waals surface area contributed by atoms with Crippen LogP contribution in [0.2, 0.25) is 5.02 Å². The number of carbonyl (C=O) groups is 1. The number of fused-ring (bicyclic) bond motifs is 1. The second-order valence-electron chi connectivity index (χ2n) is 4.87. The number of carbonyl (C=O) groups excluding carboxylic acids is 1. The summed E-state index contributed by atoms with van der Waals surface area (Å²) >= 11 is 5.85. The van der Waals surface area contributed by atoms with Gasteiger partial charge in [0.15, 0.2) is 0 Å². The molecule has 0 bridgehead atoms. The lowest BCUT2D eigenvalue weighted by Crippen LogP contribution is -2.28. The maximum atomic E-state index is 11.9. The molecule has 1 heterocycles. The van der Waals surface area contributed by atoms with E-state index in [2.05, 4.69) is 10.6 Å². The second-order valence-corrected chi connectivity index (χ2v) is 5.31. The number of hydrogen-bond donors (Lipinski definition) is 2. The molecule has 1 aromatic carbocycles. The lowest BCUT2D eigenvalue weighted by Gasteiger charge is -2.07. The number of amides is 1. The van der Waals surface area contributed by atoms with Crippen molar-refractivity contribution in [3.63, 3.8) is 0 Å². The van der Waals surface area contributed by atoms with Gasteiger partial charge in [-0.2, -0.15) is 0 Å². The van der Waals surface area contributed by atoms with E-state index < -0.39 is 0 Å². The van der Waals surface area contributed by atoms with E-state index in [4.69, 9.17) is 11.6 Å². The van der Waals surface area contributed by atoms with Gasteiger partial charge in [0.1, 0.15) is 0 Å². The molecule has 2 fully saturated rings. The Morgan fingerprint density at radius 2 is 2.11 bits per heavy atom. The van der Waals surface area contributed by atoms with Gasteiger partial charge in [-0.1, -0.05) is 17.7 Å². The Kier molecular flexibility index (Phi) is 4.15. The van der Waals surface area contributed by atoms with Crippen molar-refractivity contribution in [2.45, 2.75) is 0 Å². The van der Waals surface area contributed by atoms with Crippen LogP contribution in [0.15, 0.2) is 24.3 Å². The molecule has 1 amide bonds. The summed E-state index contributed by atoms with van der Waals surface area (Å²) in [6.45, 7) is 3.02. The van der Waals surface area contributed by atoms with Gasteiger partial charge < -0.3 is 10.6 Å². The van der Waals surface area contributed by atoms with Crippen LogP contribution in [0.3, 0.4) is 0 Å². The Labute approximate surface area is 118 Å². The molecule has 0 spiro atoms. The molecule has 3 nitrogen and oxygen atoms in total. The average Bonchev–Trinajstić information content (AvgIpc) is 2.77. The Morgan fingerprint density at radius 1 is 1.39 bits per heavy atom. The predicted molar refractivity (Wildman–Crippen MR) is 74.4 cm³/mol. The summed E-state index contributed by atoms with van der Waals surface area (Å²) in [6.07, 6.45) is 0. The van der Waals surface area contributed by atoms with E-state index in [-0.39, 0.29) is 18.3 Å². The third-order valence-electron chi connectivity index (χ3n) is 3.85. The minimum absolute atomic E-state index is 0. The first-order valence-corrected chi connectivity index (χ1v) is 6.38. The van der Waals surface area contributed by atoms with Crippen LogP contribution in [0.5, 0.6) is 0 Å². The Morgan fingerprint density at radius 3 is 2.78 bits per heavy atom. The van der Waals surface area contributed by atoms with E-state index in [1.165, 1.54) is 0 Å². The number of nitrogens with one attached hydrogen (secondary N) is 2. The van der Waals surface area contributed by atoms with E-state index in [9.17, 15) is 4.79 Å². The third-order valence-corrected chi connectivity index (χ3v) is 4.09. The maximum Gasteiger partial charge on any atom is 0.251 e. The van der Waals surface area contributed by atoms with Gasteiger partial charge in [0.25, 0.3) is 5.91 Å². The average molecular weight is 287 g/mol. The van der Waals surface area contributed by atoms with Crippen molar-refractivity contribution >= 4 is 29.9 Å². The molecule has 0 aromatic heterocycles. The van der Waals surface area contributed by atoms with Crippen LogP contribution in [-0.2, 0) is 0 Å². The van der Waals surface area contributed by atoms with E-state index >= 15 is 0 Å². The van der Waals surface area contributed by atoms with Gasteiger partial charge in [0, 0.05) is 17.1 Å². The molecular formula is C13H16Cl2N2O. The second kappa shape index (κ2) is 5.47. The minimum atomic E-state index is -0.0227. The molecule has 98 valence electrons. The van der Waals surface area contributed by atoms with Crippen molar-refractivity contribution in [1.82, 2.24) is 10.6 Å². The summed E-state index contributed by atoms with van der Waals surface area (Å²) in [6, 6.07) is 7.06. The summed E-state index contributed by atoms with van der Waals surface area (Å²) in [5.41, 5.74) is 0.640. The molecule has 1 aliphatic heterocycles. The number of benzene rings is 1. The first kappa shape index (κ1) is 13.7. The zero-order chi connectivity index (χ0) is 11.8. The molecular weight excluding hydrogens is 271 g/mol. The molecule has 2 N–H and O–H groups in total. The number of rotatable bonds is 3. The lowest BCUT2D eigenvalue weighted by atomic mass is 10.2. The minimum Gasteiger partial charge on any atom is -0.352 e. The Hall–Kier alpha value is -0.770. The smallest absolute Gasteiger partial charge is 0.251 e. The molecule has 2 atom stereocenters. The molecule has 3 rings (SSSR count). The van der Waals surface area contributed by atoms with E-state index in [0.717, 1.165) is 31.5 Å². The summed E-state index contributed by atoms with van der Waals surface area (Å²) in [5.74, 6) is 2.23. The van der Waals surface area contributed by atoms with Crippen LogP contribution in [-0.4, -0.2) is 25.5 Å². The van der Waals surface area contributed by atoms with Crippen LogP contribution >= 0.6 is 24.0 Å². The van der Waals surface area contributed by atoms with Gasteiger partial charge in [-0.15, -0.1) is 12.4 Å². The molecule has 0 radical (unpaired) electrons. The SMILES string of the molecule is Cl.O=C(NCC1C2CNCC21)c1cccc(Cl)c1. The van der Waals surface area contributed by atoms with Gasteiger partial charge in [-0.3, -0.25) is 4.79 Å². The van der Waals surface area contributed by atoms with Crippen molar-refractivity contribution in [2.75, 3.05) is 19.6 Å². The summed E-state index contributed by atoms with van der Waals surface area (Å²) in [4.78, 5) is 11.9. The fourth-order valence-electron chi connectivity index (χ4n) is 2.79. The van der Waals surface area contributed by atoms with Crippen LogP contribution in [0.25, 0.3) is 0 Å². The van der Waals surface area contributed by atoms with Crippen LogP contribution in [0, 0.1) is 17.8 Å². The number of hydrogen-bond acceptors (Lipinski definition) is 2. The first-order chi connectivity index (χ1) is 8.25. The third kappa shape index (κ3) is 2.63. The number of piperidine rings is 1. The zero-order valence-electron chi connectivity index (χ0n) is 9.86. The van der Waals surface area contributed by atoms with Crippen LogP contribution < -0.4 is 10.6 Å². The van der Waals surface area contributed by atoms with E-state index in [0.29, 0.717) is 16.5 Å². The van der Waals surface area contributed by atoms with Crippen molar-refractivity contribution in [3.8, 4) is 0 Å². The highest BCUT2D eigenvalue weighted by Crippen LogP contribution is 2.47. The standard InChI is InChI=1S/C13H15ClN2O.ClH/c14-9-3-1-2-8(4-9)13(17)16-7-12-10-5-15-6-11(10)12;/h1-4,10-12,15H,5-7H2,(H,16,17);1H. The van der Waals surface area contributed by atoms with E-state index in [1.807, 2.05) is 0 Å². The fraction of sp³-hybridized carbons (Fsp3) is 0.462. The highest BCUT2D eigenvalue weighted by Gasteiger charge is 2.52. The first-order valence-electron chi connectivity index (χ1n) is 6.00. The van der Waals surface area contributed by atoms with Crippen LogP contribution in [0.1, 0.15) is 10.4 Å². The maximum absolute atomic E-state index is 11.9. The summed E-state index contributed by atoms with van der Waals surface area (Å²) in [7, 11) is 0. The highest BCUT2D eigenvalue weighted by molar-refractivity contribution is 6.30. The predicted octanol–water partition coefficient (Wildman–Crippen LogP) is 1.96. The van der Waals surface area contributed by atoms with Crippen molar-refractivity contribution in [1.29, 1.82) is 0 Å². The number of halogens is 2. The molecule has 1 saturated heterocycles. The van der Waals surface area contributed by atoms with Gasteiger partial charge in [-0.05, 0) is 49.0 Å². The van der Waals surface area contributed by atoms with Gasteiger partial charge in [0.05, 0.1) is 0 Å². The van der Waals surface area contributed by atoms with Crippen LogP contribution in [0.4, 0.5) is 0 Å². The Balaban J connectivity index is 0.00000120. The molecule has 18 heavy (non-hydrogen) atoms. The molecule has 1 saturated carbocycles. The zero-order valence-corrected chi connectivity index (χ0v) is 11.4. The van der Waals surface area contributed by atoms with Crippen molar-refractivity contribution < 1.29 is 4.79 Å². The molecule has 2 unspecified atom stereocenters. The van der Waals surface area contributed by atoms with Gasteiger partial charge >= 0.3 is 0 Å². The normalized spacial score (nSPS) is 28.2. The molecule has 1 aliphatic carbocycles.